The molecule has 0 aliphatic carbocycles. The Morgan fingerprint density at radius 2 is 2.07 bits per heavy atom. The monoisotopic (exact) mass is 377 g/mol. The average molecular weight is 377 g/mol. The first-order valence-corrected chi connectivity index (χ1v) is 9.72. The zero-order chi connectivity index (χ0) is 19.5. The van der Waals surface area contributed by atoms with E-state index in [1.165, 1.54) is 0 Å². The number of rotatable bonds is 4. The largest absolute Gasteiger partial charge is 0.348 e. The third-order valence-electron chi connectivity index (χ3n) is 5.57. The first-order valence-electron chi connectivity index (χ1n) is 9.72. The predicted octanol–water partition coefficient (Wildman–Crippen LogP) is 1.55. The Kier molecular flexibility index (Phi) is 5.22. The number of amides is 2. The number of nitrogens with zero attached hydrogens (tertiary/aromatic N) is 4. The van der Waals surface area contributed by atoms with Crippen molar-refractivity contribution < 1.29 is 9.59 Å². The fourth-order valence-electron chi connectivity index (χ4n) is 4.13. The maximum atomic E-state index is 12.8. The normalized spacial score (nSPS) is 22.3. The Hall–Kier alpha value is -2.98. The number of carbonyl (C=O) groups excluding carboxylic acids is 2. The minimum Gasteiger partial charge on any atom is -0.348 e. The number of pyridine rings is 1. The second kappa shape index (κ2) is 7.95. The van der Waals surface area contributed by atoms with Gasteiger partial charge in [-0.2, -0.15) is 5.26 Å². The van der Waals surface area contributed by atoms with E-state index in [4.69, 9.17) is 5.26 Å². The van der Waals surface area contributed by atoms with Gasteiger partial charge in [-0.25, -0.2) is 0 Å². The molecule has 2 aromatic rings. The number of nitriles is 1. The average Bonchev–Trinajstić information content (AvgIpc) is 3.36. The van der Waals surface area contributed by atoms with Gasteiger partial charge in [0.25, 0.3) is 5.91 Å². The van der Waals surface area contributed by atoms with Crippen molar-refractivity contribution in [3.63, 3.8) is 0 Å². The van der Waals surface area contributed by atoms with E-state index < -0.39 is 0 Å². The SMILES string of the molecule is N#CC1CCCN1C(=O)CN1CC[C@H](NC(=O)c2cccc3cccnc23)C1. The number of hydrogen-bond acceptors (Lipinski definition) is 5. The highest BCUT2D eigenvalue weighted by Gasteiger charge is 2.32. The van der Waals surface area contributed by atoms with Gasteiger partial charge >= 0.3 is 0 Å². The van der Waals surface area contributed by atoms with Crippen LogP contribution in [0.4, 0.5) is 0 Å². The number of benzene rings is 1. The number of fused-ring (bicyclic) bond motifs is 1. The van der Waals surface area contributed by atoms with Crippen molar-refractivity contribution in [2.75, 3.05) is 26.2 Å². The van der Waals surface area contributed by atoms with Gasteiger partial charge in [0.1, 0.15) is 6.04 Å². The Bertz CT molecular complexity index is 933. The summed E-state index contributed by atoms with van der Waals surface area (Å²) >= 11 is 0. The Labute approximate surface area is 163 Å². The molecule has 2 amide bonds. The molecule has 28 heavy (non-hydrogen) atoms. The third kappa shape index (κ3) is 3.69. The van der Waals surface area contributed by atoms with Gasteiger partial charge in [0.05, 0.1) is 23.7 Å². The maximum Gasteiger partial charge on any atom is 0.253 e. The Morgan fingerprint density at radius 3 is 2.93 bits per heavy atom. The smallest absolute Gasteiger partial charge is 0.253 e. The summed E-state index contributed by atoms with van der Waals surface area (Å²) in [4.78, 5) is 33.3. The van der Waals surface area contributed by atoms with Crippen molar-refractivity contribution >= 4 is 22.7 Å². The molecule has 1 aromatic carbocycles. The minimum absolute atomic E-state index is 0.00427. The van der Waals surface area contributed by atoms with Crippen molar-refractivity contribution in [2.45, 2.75) is 31.3 Å². The van der Waals surface area contributed by atoms with Crippen molar-refractivity contribution in [1.82, 2.24) is 20.1 Å². The van der Waals surface area contributed by atoms with Crippen LogP contribution in [0.25, 0.3) is 10.9 Å². The van der Waals surface area contributed by atoms with E-state index in [2.05, 4.69) is 21.3 Å². The zero-order valence-corrected chi connectivity index (χ0v) is 15.7. The lowest BCUT2D eigenvalue weighted by Crippen LogP contribution is -2.43. The molecule has 0 radical (unpaired) electrons. The maximum absolute atomic E-state index is 12.8. The Balaban J connectivity index is 1.35. The lowest BCUT2D eigenvalue weighted by atomic mass is 10.1. The second-order valence-electron chi connectivity index (χ2n) is 7.45. The van der Waals surface area contributed by atoms with Crippen LogP contribution in [0, 0.1) is 11.3 Å². The molecule has 4 rings (SSSR count). The van der Waals surface area contributed by atoms with Gasteiger partial charge in [-0.05, 0) is 31.4 Å². The zero-order valence-electron chi connectivity index (χ0n) is 15.7. The summed E-state index contributed by atoms with van der Waals surface area (Å²) in [5, 5.41) is 13.2. The van der Waals surface area contributed by atoms with Crippen molar-refractivity contribution in [2.24, 2.45) is 0 Å². The van der Waals surface area contributed by atoms with Gasteiger partial charge in [0.15, 0.2) is 0 Å². The molecule has 144 valence electrons. The van der Waals surface area contributed by atoms with Gasteiger partial charge in [0, 0.05) is 37.3 Å². The standard InChI is InChI=1S/C21H23N5O2/c22-12-17-6-3-10-26(17)19(27)14-25-11-8-16(13-25)24-21(28)18-7-1-4-15-5-2-9-23-20(15)18/h1-2,4-5,7,9,16-17H,3,6,8,10-11,13-14H2,(H,24,28)/t16-,17?/m0/s1. The van der Waals surface area contributed by atoms with E-state index in [0.29, 0.717) is 30.7 Å². The number of likely N-dealkylation sites (tertiary alicyclic amines) is 2. The molecule has 7 heteroatoms. The minimum atomic E-state index is -0.288. The predicted molar refractivity (Wildman–Crippen MR) is 104 cm³/mol. The molecule has 0 saturated carbocycles. The highest BCUT2D eigenvalue weighted by molar-refractivity contribution is 6.05. The molecule has 2 saturated heterocycles. The fraction of sp³-hybridized carbons (Fsp3) is 0.429. The molecule has 0 spiro atoms. The number of para-hydroxylation sites is 1. The van der Waals surface area contributed by atoms with Gasteiger partial charge in [-0.3, -0.25) is 19.5 Å². The van der Waals surface area contributed by atoms with Crippen LogP contribution >= 0.6 is 0 Å². The lowest BCUT2D eigenvalue weighted by molar-refractivity contribution is -0.132. The van der Waals surface area contributed by atoms with E-state index in [9.17, 15) is 9.59 Å². The van der Waals surface area contributed by atoms with Crippen LogP contribution in [-0.2, 0) is 4.79 Å². The number of hydrogen-bond donors (Lipinski definition) is 1. The van der Waals surface area contributed by atoms with Crippen molar-refractivity contribution in [3.05, 3.63) is 42.1 Å². The summed E-state index contributed by atoms with van der Waals surface area (Å²) in [6.45, 7) is 2.37. The highest BCUT2D eigenvalue weighted by Crippen LogP contribution is 2.19. The second-order valence-corrected chi connectivity index (χ2v) is 7.45. The van der Waals surface area contributed by atoms with Crippen molar-refractivity contribution in [3.8, 4) is 6.07 Å². The van der Waals surface area contributed by atoms with Crippen LogP contribution in [0.5, 0.6) is 0 Å². The molecule has 2 fully saturated rings. The summed E-state index contributed by atoms with van der Waals surface area (Å²) < 4.78 is 0. The van der Waals surface area contributed by atoms with Gasteiger partial charge in [-0.1, -0.05) is 18.2 Å². The van der Waals surface area contributed by atoms with E-state index in [1.807, 2.05) is 24.3 Å². The van der Waals surface area contributed by atoms with Crippen molar-refractivity contribution in [1.29, 1.82) is 5.26 Å². The molecule has 2 aliphatic heterocycles. The molecule has 1 unspecified atom stereocenters. The van der Waals surface area contributed by atoms with Crippen LogP contribution in [-0.4, -0.2) is 64.9 Å². The summed E-state index contributed by atoms with van der Waals surface area (Å²) in [5.41, 5.74) is 1.27. The lowest BCUT2D eigenvalue weighted by Gasteiger charge is -2.23. The van der Waals surface area contributed by atoms with Crippen LogP contribution in [0.3, 0.4) is 0 Å². The molecule has 2 aliphatic rings. The van der Waals surface area contributed by atoms with E-state index >= 15 is 0 Å². The van der Waals surface area contributed by atoms with Crippen LogP contribution < -0.4 is 5.32 Å². The topological polar surface area (TPSA) is 89.3 Å². The third-order valence-corrected chi connectivity index (χ3v) is 5.57. The molecule has 1 N–H and O–H groups in total. The summed E-state index contributed by atoms with van der Waals surface area (Å²) in [7, 11) is 0. The summed E-state index contributed by atoms with van der Waals surface area (Å²) in [6.07, 6.45) is 4.15. The van der Waals surface area contributed by atoms with Crippen LogP contribution in [0.2, 0.25) is 0 Å². The molecule has 0 bridgehead atoms. The van der Waals surface area contributed by atoms with Gasteiger partial charge < -0.3 is 10.2 Å². The number of nitrogens with one attached hydrogen (secondary N) is 1. The Morgan fingerprint density at radius 1 is 1.21 bits per heavy atom. The molecular weight excluding hydrogens is 354 g/mol. The fourth-order valence-corrected chi connectivity index (χ4v) is 4.13. The molecule has 1 aromatic heterocycles. The molecular formula is C21H23N5O2. The first kappa shape index (κ1) is 18.4. The molecule has 3 heterocycles. The highest BCUT2D eigenvalue weighted by atomic mass is 16.2. The molecule has 2 atom stereocenters. The summed E-state index contributed by atoms with van der Waals surface area (Å²) in [6, 6.07) is 11.3. The van der Waals surface area contributed by atoms with Gasteiger partial charge in [0.2, 0.25) is 5.91 Å². The number of carbonyl (C=O) groups is 2. The number of aromatic nitrogens is 1. The molecule has 7 nitrogen and oxygen atoms in total. The van der Waals surface area contributed by atoms with E-state index in [1.54, 1.807) is 17.2 Å². The van der Waals surface area contributed by atoms with Crippen LogP contribution in [0.15, 0.2) is 36.5 Å². The quantitative estimate of drug-likeness (QED) is 0.873. The first-order chi connectivity index (χ1) is 13.7. The van der Waals surface area contributed by atoms with E-state index in [-0.39, 0.29) is 23.9 Å². The van der Waals surface area contributed by atoms with Gasteiger partial charge in [-0.15, -0.1) is 0 Å². The van der Waals surface area contributed by atoms with E-state index in [0.717, 1.165) is 31.2 Å². The van der Waals surface area contributed by atoms with Crippen LogP contribution in [0.1, 0.15) is 29.6 Å². The summed E-state index contributed by atoms with van der Waals surface area (Å²) in [5.74, 6) is -0.124.